The second-order valence-electron chi connectivity index (χ2n) is 22.5. The highest BCUT2D eigenvalue weighted by Crippen LogP contribution is 2.43. The summed E-state index contributed by atoms with van der Waals surface area (Å²) in [6.45, 7) is 6.92. The molecule has 0 bridgehead atoms. The van der Waals surface area contributed by atoms with Gasteiger partial charge in [-0.1, -0.05) is 250 Å². The highest BCUT2D eigenvalue weighted by Gasteiger charge is 2.30. The Morgan fingerprint density at radius 2 is 0.865 bits per heavy atom. The summed E-state index contributed by atoms with van der Waals surface area (Å²) in [5.74, 6) is -0.507. The van der Waals surface area contributed by atoms with E-state index in [1.54, 1.807) is 0 Å². The number of rotatable bonds is 57. The molecule has 74 heavy (non-hydrogen) atoms. The van der Waals surface area contributed by atoms with Crippen molar-refractivity contribution in [3.63, 3.8) is 0 Å². The summed E-state index contributed by atoms with van der Waals surface area (Å²) in [5, 5.41) is 3.06. The van der Waals surface area contributed by atoms with Gasteiger partial charge < -0.3 is 19.4 Å². The lowest BCUT2D eigenvalue weighted by Gasteiger charge is -2.27. The predicted octanol–water partition coefficient (Wildman–Crippen LogP) is 19.3. The van der Waals surface area contributed by atoms with E-state index in [1.165, 1.54) is 180 Å². The SMILES string of the molecule is CC/C=C/C/C=C/CCCCCCCCCC(=O)OC(/C=C\CCCCCCCCCCC)C(COP(=O)(O)OCC[N+](C)(C)C)NC(=O)CCCCCCCCCCCCCCC/C=C/CCCCCCCC. The Kier molecular flexibility index (Phi) is 52.8. The van der Waals surface area contributed by atoms with Gasteiger partial charge in [0.05, 0.1) is 33.8 Å². The number of hydrogen-bond acceptors (Lipinski definition) is 6. The van der Waals surface area contributed by atoms with Crippen molar-refractivity contribution < 1.29 is 37.3 Å². The smallest absolute Gasteiger partial charge is 0.456 e. The first-order chi connectivity index (χ1) is 35.9. The third-order valence-electron chi connectivity index (χ3n) is 14.0. The number of esters is 1. The van der Waals surface area contributed by atoms with Gasteiger partial charge in [-0.15, -0.1) is 0 Å². The minimum absolute atomic E-state index is 0.0394. The van der Waals surface area contributed by atoms with E-state index >= 15 is 0 Å². The number of phosphoric acid groups is 1. The molecule has 0 aliphatic rings. The van der Waals surface area contributed by atoms with E-state index in [0.717, 1.165) is 83.5 Å². The molecule has 0 rings (SSSR count). The van der Waals surface area contributed by atoms with Gasteiger partial charge >= 0.3 is 13.8 Å². The lowest BCUT2D eigenvalue weighted by atomic mass is 10.0. The molecule has 0 aromatic heterocycles. The van der Waals surface area contributed by atoms with Crippen molar-refractivity contribution in [3.05, 3.63) is 48.6 Å². The predicted molar refractivity (Wildman–Crippen MR) is 319 cm³/mol. The zero-order chi connectivity index (χ0) is 54.3. The Morgan fingerprint density at radius 3 is 1.30 bits per heavy atom. The second-order valence-corrected chi connectivity index (χ2v) is 24.0. The molecule has 9 nitrogen and oxygen atoms in total. The molecule has 0 fully saturated rings. The van der Waals surface area contributed by atoms with Gasteiger partial charge in [-0.25, -0.2) is 4.57 Å². The van der Waals surface area contributed by atoms with Crippen LogP contribution < -0.4 is 5.32 Å². The van der Waals surface area contributed by atoms with E-state index in [9.17, 15) is 19.0 Å². The maximum Gasteiger partial charge on any atom is 0.472 e. The zero-order valence-corrected chi connectivity index (χ0v) is 50.5. The molecule has 0 radical (unpaired) electrons. The fraction of sp³-hybridized carbons (Fsp3) is 0.844. The minimum Gasteiger partial charge on any atom is -0.456 e. The fourth-order valence-corrected chi connectivity index (χ4v) is 9.89. The maximum atomic E-state index is 13.5. The second kappa shape index (κ2) is 54.3. The van der Waals surface area contributed by atoms with Crippen LogP contribution in [0.1, 0.15) is 297 Å². The fourth-order valence-electron chi connectivity index (χ4n) is 9.15. The standard InChI is InChI=1S/C64H121N2O7P/c1-7-10-13-16-19-22-25-27-29-30-31-32-33-34-35-36-37-38-41-44-47-50-53-56-63(67)65-61(60-72-74(69,70)71-59-58-66(4,5)6)62(55-52-49-46-43-40-24-21-18-15-12-9-3)73-64(68)57-54-51-48-45-42-39-28-26-23-20-17-14-11-8-2/h11,14,20,23,27,29,52,55,61-62H,7-10,12-13,15-19,21-22,24-26,28,30-51,53-54,56-60H2,1-6H3,(H-,65,67,69,70)/p+1/b14-11+,23-20+,29-27+,55-52-. The average molecular weight is 1060 g/mol. The van der Waals surface area contributed by atoms with Gasteiger partial charge in [0.15, 0.2) is 0 Å². The van der Waals surface area contributed by atoms with Crippen LogP contribution in [0.4, 0.5) is 0 Å². The number of carbonyl (C=O) groups excluding carboxylic acids is 2. The van der Waals surface area contributed by atoms with Gasteiger partial charge in [-0.2, -0.15) is 0 Å². The van der Waals surface area contributed by atoms with E-state index in [1.807, 2.05) is 33.3 Å². The summed E-state index contributed by atoms with van der Waals surface area (Å²) in [6, 6.07) is -0.849. The average Bonchev–Trinajstić information content (AvgIpc) is 3.36. The highest BCUT2D eigenvalue weighted by atomic mass is 31.2. The number of amides is 1. The van der Waals surface area contributed by atoms with E-state index in [-0.39, 0.29) is 31.5 Å². The molecule has 0 heterocycles. The number of unbranched alkanes of at least 4 members (excludes halogenated alkanes) is 35. The number of nitrogens with zero attached hydrogens (tertiary/aromatic N) is 1. The van der Waals surface area contributed by atoms with Crippen LogP contribution >= 0.6 is 7.82 Å². The van der Waals surface area contributed by atoms with Crippen molar-refractivity contribution in [1.29, 1.82) is 0 Å². The number of nitrogens with one attached hydrogen (secondary N) is 1. The van der Waals surface area contributed by atoms with Gasteiger partial charge in [-0.3, -0.25) is 18.6 Å². The molecular formula is C64H122N2O7P+. The lowest BCUT2D eigenvalue weighted by molar-refractivity contribution is -0.870. The van der Waals surface area contributed by atoms with Crippen LogP contribution in [0.25, 0.3) is 0 Å². The first kappa shape index (κ1) is 72.0. The lowest BCUT2D eigenvalue weighted by Crippen LogP contribution is -2.47. The molecule has 434 valence electrons. The van der Waals surface area contributed by atoms with Crippen LogP contribution in [-0.2, 0) is 27.9 Å². The van der Waals surface area contributed by atoms with Crippen molar-refractivity contribution in [2.24, 2.45) is 0 Å². The van der Waals surface area contributed by atoms with Crippen molar-refractivity contribution in [2.75, 3.05) is 40.9 Å². The molecule has 3 atom stereocenters. The van der Waals surface area contributed by atoms with Crippen molar-refractivity contribution in [1.82, 2.24) is 5.32 Å². The third kappa shape index (κ3) is 54.7. The molecule has 0 saturated carbocycles. The number of hydrogen-bond donors (Lipinski definition) is 2. The summed E-state index contributed by atoms with van der Waals surface area (Å²) in [4.78, 5) is 37.7. The summed E-state index contributed by atoms with van der Waals surface area (Å²) in [6.07, 6.45) is 66.9. The molecule has 0 aromatic carbocycles. The molecule has 10 heteroatoms. The Hall–Kier alpha value is -2.03. The number of carbonyl (C=O) groups is 2. The number of likely N-dealkylation sites (N-methyl/N-ethyl adjacent to an activating group) is 1. The Bertz CT molecular complexity index is 1410. The van der Waals surface area contributed by atoms with E-state index < -0.39 is 20.0 Å². The minimum atomic E-state index is -4.45. The first-order valence-corrected chi connectivity index (χ1v) is 33.0. The van der Waals surface area contributed by atoms with Gasteiger partial charge in [0.1, 0.15) is 19.3 Å². The summed E-state index contributed by atoms with van der Waals surface area (Å²) >= 11 is 0. The number of phosphoric ester groups is 1. The molecule has 0 aromatic rings. The third-order valence-corrected chi connectivity index (χ3v) is 15.0. The number of quaternary nitrogens is 1. The molecule has 1 amide bonds. The first-order valence-electron chi connectivity index (χ1n) is 31.5. The molecule has 2 N–H and O–H groups in total. The van der Waals surface area contributed by atoms with Crippen molar-refractivity contribution in [2.45, 2.75) is 309 Å². The molecular weight excluding hydrogens is 940 g/mol. The number of allylic oxidation sites excluding steroid dienone is 7. The van der Waals surface area contributed by atoms with Crippen LogP contribution in [-0.4, -0.2) is 74.3 Å². The monoisotopic (exact) mass is 1060 g/mol. The quantitative estimate of drug-likeness (QED) is 0.0205. The maximum absolute atomic E-state index is 13.5. The molecule has 0 spiro atoms. The van der Waals surface area contributed by atoms with E-state index in [0.29, 0.717) is 17.4 Å². The summed E-state index contributed by atoms with van der Waals surface area (Å²) in [7, 11) is 1.50. The molecule has 0 saturated heterocycles. The molecule has 0 aliphatic carbocycles. The van der Waals surface area contributed by atoms with Gasteiger partial charge in [0.2, 0.25) is 5.91 Å². The van der Waals surface area contributed by atoms with Gasteiger partial charge in [0.25, 0.3) is 0 Å². The van der Waals surface area contributed by atoms with Gasteiger partial charge in [0, 0.05) is 12.8 Å². The molecule has 3 unspecified atom stereocenters. The van der Waals surface area contributed by atoms with Crippen molar-refractivity contribution >= 4 is 19.7 Å². The van der Waals surface area contributed by atoms with Gasteiger partial charge in [-0.05, 0) is 83.1 Å². The van der Waals surface area contributed by atoms with Crippen molar-refractivity contribution in [3.8, 4) is 0 Å². The van der Waals surface area contributed by atoms with Crippen LogP contribution in [0.15, 0.2) is 48.6 Å². The largest absolute Gasteiger partial charge is 0.472 e. The van der Waals surface area contributed by atoms with E-state index in [4.69, 9.17) is 13.8 Å². The van der Waals surface area contributed by atoms with Crippen LogP contribution in [0.2, 0.25) is 0 Å². The topological polar surface area (TPSA) is 111 Å². The Morgan fingerprint density at radius 1 is 0.486 bits per heavy atom. The highest BCUT2D eigenvalue weighted by molar-refractivity contribution is 7.47. The van der Waals surface area contributed by atoms with Crippen LogP contribution in [0, 0.1) is 0 Å². The number of ether oxygens (including phenoxy) is 1. The zero-order valence-electron chi connectivity index (χ0n) is 49.6. The normalized spacial score (nSPS) is 14.0. The Balaban J connectivity index is 5.10. The Labute approximate surface area is 458 Å². The van der Waals surface area contributed by atoms with E-state index in [2.05, 4.69) is 62.5 Å². The summed E-state index contributed by atoms with van der Waals surface area (Å²) < 4.78 is 30.7. The molecule has 0 aliphatic heterocycles. The van der Waals surface area contributed by atoms with Crippen LogP contribution in [0.5, 0.6) is 0 Å². The summed E-state index contributed by atoms with van der Waals surface area (Å²) in [5.41, 5.74) is 0. The van der Waals surface area contributed by atoms with Crippen LogP contribution in [0.3, 0.4) is 0 Å².